The second-order valence-corrected chi connectivity index (χ2v) is 7.63. The van der Waals surface area contributed by atoms with Crippen LogP contribution in [0.25, 0.3) is 0 Å². The Labute approximate surface area is 165 Å². The molecule has 0 bridgehead atoms. The Balaban J connectivity index is 1.51. The normalized spacial score (nSPS) is 14.3. The molecule has 1 saturated heterocycles. The molecule has 28 heavy (non-hydrogen) atoms. The molecule has 0 unspecified atom stereocenters. The van der Waals surface area contributed by atoms with Crippen LogP contribution in [0.15, 0.2) is 63.6 Å². The number of benzene rings is 1. The zero-order valence-electron chi connectivity index (χ0n) is 15.2. The Morgan fingerprint density at radius 2 is 1.75 bits per heavy atom. The second-order valence-electron chi connectivity index (χ2n) is 6.59. The zero-order valence-corrected chi connectivity index (χ0v) is 16.0. The quantitative estimate of drug-likeness (QED) is 0.727. The topological polar surface area (TPSA) is 78.4 Å². The van der Waals surface area contributed by atoms with Crippen LogP contribution in [0, 0.1) is 0 Å². The van der Waals surface area contributed by atoms with Gasteiger partial charge in [-0.1, -0.05) is 24.3 Å². The molecular weight excluding hydrogens is 376 g/mol. The molecule has 1 N–H and O–H groups in total. The fourth-order valence-corrected chi connectivity index (χ4v) is 4.04. The summed E-state index contributed by atoms with van der Waals surface area (Å²) in [6, 6.07) is 13.8. The molecule has 0 aliphatic carbocycles. The number of piperazine rings is 1. The van der Waals surface area contributed by atoms with Gasteiger partial charge < -0.3 is 14.8 Å². The van der Waals surface area contributed by atoms with E-state index in [0.717, 1.165) is 15.1 Å². The number of thiophene rings is 1. The molecule has 1 fully saturated rings. The van der Waals surface area contributed by atoms with Gasteiger partial charge in [0.25, 0.3) is 11.5 Å². The smallest absolute Gasteiger partial charge is 0.328 e. The maximum Gasteiger partial charge on any atom is 0.328 e. The minimum Gasteiger partial charge on any atom is -0.368 e. The molecule has 7 nitrogen and oxygen atoms in total. The molecule has 3 heterocycles. The number of carbonyl (C=O) groups excluding carboxylic acids is 1. The minimum absolute atomic E-state index is 0.00400. The summed E-state index contributed by atoms with van der Waals surface area (Å²) in [5.74, 6) is -0.339. The number of hydrogen-bond donors (Lipinski definition) is 1. The first-order valence-corrected chi connectivity index (χ1v) is 9.95. The maximum absolute atomic E-state index is 12.9. The van der Waals surface area contributed by atoms with Crippen LogP contribution in [0.1, 0.15) is 15.2 Å². The molecule has 144 valence electrons. The Morgan fingerprint density at radius 1 is 1.00 bits per heavy atom. The number of para-hydroxylation sites is 1. The first-order valence-electron chi connectivity index (χ1n) is 9.07. The minimum atomic E-state index is -0.548. The fraction of sp³-hybridized carbons (Fsp3) is 0.250. The summed E-state index contributed by atoms with van der Waals surface area (Å²) in [6.45, 7) is 2.61. The summed E-state index contributed by atoms with van der Waals surface area (Å²) >= 11 is 1.46. The molecule has 0 atom stereocenters. The van der Waals surface area contributed by atoms with E-state index in [2.05, 4.69) is 9.88 Å². The molecule has 1 aliphatic heterocycles. The Morgan fingerprint density at radius 3 is 2.43 bits per heavy atom. The molecular formula is C20H20N4O3S. The number of hydrogen-bond acceptors (Lipinski definition) is 5. The van der Waals surface area contributed by atoms with Crippen molar-refractivity contribution in [2.75, 3.05) is 31.1 Å². The van der Waals surface area contributed by atoms with Crippen LogP contribution in [0.2, 0.25) is 0 Å². The first kappa shape index (κ1) is 18.2. The van der Waals surface area contributed by atoms with Gasteiger partial charge in [-0.2, -0.15) is 0 Å². The third-order valence-corrected chi connectivity index (χ3v) is 5.73. The summed E-state index contributed by atoms with van der Waals surface area (Å²) in [4.78, 5) is 45.1. The van der Waals surface area contributed by atoms with Crippen LogP contribution in [0.5, 0.6) is 0 Å². The zero-order chi connectivity index (χ0) is 19.5. The molecule has 2 aromatic heterocycles. The van der Waals surface area contributed by atoms with E-state index < -0.39 is 11.2 Å². The molecule has 4 rings (SSSR count). The van der Waals surface area contributed by atoms with Crippen molar-refractivity contribution in [3.05, 3.63) is 85.3 Å². The Kier molecular flexibility index (Phi) is 5.12. The average Bonchev–Trinajstić information content (AvgIpc) is 3.25. The summed E-state index contributed by atoms with van der Waals surface area (Å²) in [6.07, 6.45) is 1.24. The molecule has 1 aliphatic rings. The van der Waals surface area contributed by atoms with Gasteiger partial charge >= 0.3 is 5.69 Å². The van der Waals surface area contributed by atoms with Crippen LogP contribution in [0.4, 0.5) is 5.69 Å². The van der Waals surface area contributed by atoms with E-state index in [9.17, 15) is 14.4 Å². The van der Waals surface area contributed by atoms with E-state index >= 15 is 0 Å². The lowest BCUT2D eigenvalue weighted by atomic mass is 10.2. The second kappa shape index (κ2) is 7.85. The van der Waals surface area contributed by atoms with Crippen molar-refractivity contribution in [2.45, 2.75) is 6.54 Å². The van der Waals surface area contributed by atoms with E-state index in [1.54, 1.807) is 4.90 Å². The first-order chi connectivity index (χ1) is 13.6. The predicted molar refractivity (Wildman–Crippen MR) is 109 cm³/mol. The molecule has 0 radical (unpaired) electrons. The van der Waals surface area contributed by atoms with Gasteiger partial charge in [0, 0.05) is 42.9 Å². The van der Waals surface area contributed by atoms with Crippen molar-refractivity contribution < 1.29 is 4.79 Å². The summed E-state index contributed by atoms with van der Waals surface area (Å²) in [7, 11) is 0. The monoisotopic (exact) mass is 396 g/mol. The Hall–Kier alpha value is -3.13. The van der Waals surface area contributed by atoms with Crippen molar-refractivity contribution in [1.29, 1.82) is 0 Å². The highest BCUT2D eigenvalue weighted by atomic mass is 32.1. The van der Waals surface area contributed by atoms with E-state index in [4.69, 9.17) is 0 Å². The van der Waals surface area contributed by atoms with Crippen molar-refractivity contribution >= 4 is 22.9 Å². The predicted octanol–water partition coefficient (Wildman–Crippen LogP) is 1.61. The highest BCUT2D eigenvalue weighted by Gasteiger charge is 2.25. The van der Waals surface area contributed by atoms with Gasteiger partial charge in [0.2, 0.25) is 0 Å². The molecule has 3 aromatic rings. The number of anilines is 1. The maximum atomic E-state index is 12.9. The van der Waals surface area contributed by atoms with Gasteiger partial charge in [-0.05, 0) is 23.6 Å². The molecule has 1 amide bonds. The largest absolute Gasteiger partial charge is 0.368 e. The number of carbonyl (C=O) groups is 1. The molecule has 0 saturated carbocycles. The van der Waals surface area contributed by atoms with E-state index in [-0.39, 0.29) is 18.0 Å². The third-order valence-electron chi connectivity index (χ3n) is 4.87. The summed E-state index contributed by atoms with van der Waals surface area (Å²) in [5.41, 5.74) is 0.0674. The van der Waals surface area contributed by atoms with Crippen molar-refractivity contribution in [2.24, 2.45) is 0 Å². The van der Waals surface area contributed by atoms with Crippen molar-refractivity contribution in [1.82, 2.24) is 14.5 Å². The third kappa shape index (κ3) is 3.63. The SMILES string of the molecule is O=C(c1c[nH]c(=O)n(Cc2cccs2)c1=O)N1CCN(c2ccccc2)CC1. The van der Waals surface area contributed by atoms with Gasteiger partial charge in [0.05, 0.1) is 6.54 Å². The van der Waals surface area contributed by atoms with Crippen LogP contribution in [-0.2, 0) is 6.54 Å². The lowest BCUT2D eigenvalue weighted by Crippen LogP contribution is -2.50. The van der Waals surface area contributed by atoms with E-state index in [1.165, 1.54) is 17.5 Å². The van der Waals surface area contributed by atoms with Crippen LogP contribution >= 0.6 is 11.3 Å². The lowest BCUT2D eigenvalue weighted by molar-refractivity contribution is 0.0743. The highest BCUT2D eigenvalue weighted by molar-refractivity contribution is 7.09. The summed E-state index contributed by atoms with van der Waals surface area (Å²) in [5, 5.41) is 1.88. The lowest BCUT2D eigenvalue weighted by Gasteiger charge is -2.36. The van der Waals surface area contributed by atoms with Crippen LogP contribution in [-0.4, -0.2) is 46.5 Å². The van der Waals surface area contributed by atoms with Crippen LogP contribution in [0.3, 0.4) is 0 Å². The van der Waals surface area contributed by atoms with E-state index in [1.807, 2.05) is 47.8 Å². The number of aromatic amines is 1. The number of rotatable bonds is 4. The summed E-state index contributed by atoms with van der Waals surface area (Å²) < 4.78 is 1.08. The van der Waals surface area contributed by atoms with Crippen molar-refractivity contribution in [3.63, 3.8) is 0 Å². The number of nitrogens with zero attached hydrogens (tertiary/aromatic N) is 3. The van der Waals surface area contributed by atoms with Gasteiger partial charge in [0.1, 0.15) is 5.56 Å². The van der Waals surface area contributed by atoms with Crippen LogP contribution < -0.4 is 16.1 Å². The number of amides is 1. The highest BCUT2D eigenvalue weighted by Crippen LogP contribution is 2.16. The molecule has 8 heteroatoms. The number of aromatic nitrogens is 2. The van der Waals surface area contributed by atoms with E-state index in [0.29, 0.717) is 26.2 Å². The standard InChI is InChI=1S/C20H20N4O3S/c25-18(23-10-8-22(9-11-23)15-5-2-1-3-6-15)17-13-21-20(27)24(19(17)26)14-16-7-4-12-28-16/h1-7,12-13H,8-11,14H2,(H,21,27). The Bertz CT molecular complexity index is 1060. The van der Waals surface area contributed by atoms with Gasteiger partial charge in [-0.3, -0.25) is 14.2 Å². The van der Waals surface area contributed by atoms with Gasteiger partial charge in [-0.15, -0.1) is 11.3 Å². The number of H-pyrrole nitrogens is 1. The average molecular weight is 396 g/mol. The van der Waals surface area contributed by atoms with Gasteiger partial charge in [-0.25, -0.2) is 4.79 Å². The molecule has 0 spiro atoms. The van der Waals surface area contributed by atoms with Gasteiger partial charge in [0.15, 0.2) is 0 Å². The number of nitrogens with one attached hydrogen (secondary N) is 1. The fourth-order valence-electron chi connectivity index (χ4n) is 3.34. The molecule has 1 aromatic carbocycles. The van der Waals surface area contributed by atoms with Crippen molar-refractivity contribution in [3.8, 4) is 0 Å².